The highest BCUT2D eigenvalue weighted by Gasteiger charge is 2.41. The molecule has 3 heterocycles. The van der Waals surface area contributed by atoms with E-state index in [0.29, 0.717) is 24.9 Å². The van der Waals surface area contributed by atoms with E-state index in [1.54, 1.807) is 4.90 Å². The van der Waals surface area contributed by atoms with Crippen LogP contribution in [0.1, 0.15) is 40.2 Å². The lowest BCUT2D eigenvalue weighted by molar-refractivity contribution is -0.122. The molecule has 8 nitrogen and oxygen atoms in total. The number of benzene rings is 1. The van der Waals surface area contributed by atoms with E-state index in [4.69, 9.17) is 9.47 Å². The molecule has 4 rings (SSSR count). The van der Waals surface area contributed by atoms with Gasteiger partial charge in [-0.1, -0.05) is 6.07 Å². The molecule has 156 valence electrons. The molecule has 0 aromatic heterocycles. The molecule has 1 fully saturated rings. The predicted molar refractivity (Wildman–Crippen MR) is 109 cm³/mol. The maximum atomic E-state index is 12.3. The molecule has 1 N–H and O–H groups in total. The molecule has 8 heteroatoms. The number of carbonyl (C=O) groups is 2. The standard InChI is InChI=1S/C21H28N4O4/c1-12-15(10-24(12)20(27)29-21(3,4)5)8-14-6-7-17-16(9-14)25-13(2)19(26)23-22-18(25)11-28-17/h6-7,9,12-13,15H,8,10-11H2,1-5H3,(H,23,26). The smallest absolute Gasteiger partial charge is 0.410 e. The second-order valence-electron chi connectivity index (χ2n) is 8.98. The Labute approximate surface area is 170 Å². The van der Waals surface area contributed by atoms with Crippen LogP contribution in [-0.2, 0) is 16.0 Å². The third-order valence-electron chi connectivity index (χ3n) is 5.71. The minimum atomic E-state index is -0.489. The monoisotopic (exact) mass is 400 g/mol. The van der Waals surface area contributed by atoms with Crippen LogP contribution in [0.4, 0.5) is 10.5 Å². The first-order valence-electron chi connectivity index (χ1n) is 10.0. The molecule has 1 aromatic rings. The third kappa shape index (κ3) is 3.63. The van der Waals surface area contributed by atoms with Gasteiger partial charge in [0.25, 0.3) is 5.91 Å². The van der Waals surface area contributed by atoms with Crippen LogP contribution in [0.3, 0.4) is 0 Å². The van der Waals surface area contributed by atoms with Crippen molar-refractivity contribution < 1.29 is 19.1 Å². The molecule has 29 heavy (non-hydrogen) atoms. The summed E-state index contributed by atoms with van der Waals surface area (Å²) < 4.78 is 11.3. The predicted octanol–water partition coefficient (Wildman–Crippen LogP) is 2.52. The molecule has 0 radical (unpaired) electrons. The minimum Gasteiger partial charge on any atom is -0.483 e. The highest BCUT2D eigenvalue weighted by Crippen LogP contribution is 2.37. The van der Waals surface area contributed by atoms with Crippen LogP contribution in [0.15, 0.2) is 23.3 Å². The van der Waals surface area contributed by atoms with Gasteiger partial charge in [-0.15, -0.1) is 0 Å². The zero-order chi connectivity index (χ0) is 20.9. The Morgan fingerprint density at radius 1 is 1.34 bits per heavy atom. The number of ether oxygens (including phenoxy) is 2. The van der Waals surface area contributed by atoms with E-state index in [1.807, 2.05) is 38.7 Å². The van der Waals surface area contributed by atoms with Crippen molar-refractivity contribution in [1.29, 1.82) is 0 Å². The largest absolute Gasteiger partial charge is 0.483 e. The molecule has 1 aromatic carbocycles. The Balaban J connectivity index is 1.47. The number of hydrazone groups is 1. The molecular weight excluding hydrogens is 372 g/mol. The number of anilines is 1. The van der Waals surface area contributed by atoms with Gasteiger partial charge in [0.05, 0.1) is 5.69 Å². The van der Waals surface area contributed by atoms with Crippen molar-refractivity contribution in [2.45, 2.75) is 58.7 Å². The van der Waals surface area contributed by atoms with Crippen molar-refractivity contribution in [2.75, 3.05) is 18.1 Å². The van der Waals surface area contributed by atoms with E-state index in [9.17, 15) is 9.59 Å². The topological polar surface area (TPSA) is 83.5 Å². The van der Waals surface area contributed by atoms with Gasteiger partial charge in [0.1, 0.15) is 24.0 Å². The van der Waals surface area contributed by atoms with Gasteiger partial charge in [-0.2, -0.15) is 5.10 Å². The van der Waals surface area contributed by atoms with Crippen LogP contribution >= 0.6 is 0 Å². The number of amides is 2. The molecule has 3 aliphatic rings. The number of hydrogen-bond donors (Lipinski definition) is 1. The van der Waals surface area contributed by atoms with Crippen LogP contribution in [0, 0.1) is 5.92 Å². The fourth-order valence-corrected chi connectivity index (χ4v) is 3.99. The average molecular weight is 400 g/mol. The highest BCUT2D eigenvalue weighted by atomic mass is 16.6. The zero-order valence-corrected chi connectivity index (χ0v) is 17.6. The van der Waals surface area contributed by atoms with Gasteiger partial charge < -0.3 is 19.3 Å². The summed E-state index contributed by atoms with van der Waals surface area (Å²) in [5.74, 6) is 1.69. The molecule has 0 saturated carbocycles. The maximum Gasteiger partial charge on any atom is 0.410 e. The fraction of sp³-hybridized carbons (Fsp3) is 0.571. The number of rotatable bonds is 2. The van der Waals surface area contributed by atoms with Gasteiger partial charge >= 0.3 is 6.09 Å². The SMILES string of the molecule is CC1C(Cc2ccc3c(c2)N2C(=NNC(=O)C2C)CO3)CN1C(=O)OC(C)(C)C. The highest BCUT2D eigenvalue weighted by molar-refractivity contribution is 6.09. The van der Waals surface area contributed by atoms with Gasteiger partial charge in [-0.05, 0) is 58.7 Å². The summed E-state index contributed by atoms with van der Waals surface area (Å²) in [5, 5.41) is 4.13. The van der Waals surface area contributed by atoms with Gasteiger partial charge in [0.15, 0.2) is 5.84 Å². The van der Waals surface area contributed by atoms with Crippen molar-refractivity contribution in [3.8, 4) is 5.75 Å². The number of nitrogens with one attached hydrogen (secondary N) is 1. The number of nitrogens with zero attached hydrogens (tertiary/aromatic N) is 3. The van der Waals surface area contributed by atoms with Crippen LogP contribution in [0.5, 0.6) is 5.75 Å². The van der Waals surface area contributed by atoms with Crippen molar-refractivity contribution in [1.82, 2.24) is 10.3 Å². The molecule has 2 amide bonds. The summed E-state index contributed by atoms with van der Waals surface area (Å²) in [4.78, 5) is 28.1. The zero-order valence-electron chi connectivity index (χ0n) is 17.6. The average Bonchev–Trinajstić information content (AvgIpc) is 2.65. The molecule has 0 bridgehead atoms. The first-order chi connectivity index (χ1) is 13.6. The fourth-order valence-electron chi connectivity index (χ4n) is 3.99. The molecule has 1 saturated heterocycles. The molecule has 3 aliphatic heterocycles. The van der Waals surface area contributed by atoms with E-state index in [0.717, 1.165) is 23.4 Å². The van der Waals surface area contributed by atoms with E-state index >= 15 is 0 Å². The molecule has 0 spiro atoms. The first-order valence-corrected chi connectivity index (χ1v) is 10.0. The van der Waals surface area contributed by atoms with E-state index in [2.05, 4.69) is 29.6 Å². The Kier molecular flexibility index (Phi) is 4.67. The summed E-state index contributed by atoms with van der Waals surface area (Å²) in [6.45, 7) is 10.6. The van der Waals surface area contributed by atoms with Crippen LogP contribution in [0.2, 0.25) is 0 Å². The number of amidine groups is 1. The molecule has 3 atom stereocenters. The minimum absolute atomic E-state index is 0.119. The van der Waals surface area contributed by atoms with Gasteiger partial charge in [-0.25, -0.2) is 10.2 Å². The van der Waals surface area contributed by atoms with E-state index < -0.39 is 5.60 Å². The van der Waals surface area contributed by atoms with Crippen LogP contribution < -0.4 is 15.1 Å². The number of likely N-dealkylation sites (tertiary alicyclic amines) is 1. The molecule has 0 aliphatic carbocycles. The Morgan fingerprint density at radius 2 is 2.10 bits per heavy atom. The van der Waals surface area contributed by atoms with Crippen molar-refractivity contribution in [3.05, 3.63) is 23.8 Å². The van der Waals surface area contributed by atoms with Gasteiger partial charge in [0, 0.05) is 18.5 Å². The van der Waals surface area contributed by atoms with Gasteiger partial charge in [-0.3, -0.25) is 4.79 Å². The van der Waals surface area contributed by atoms with E-state index in [-0.39, 0.29) is 24.1 Å². The maximum absolute atomic E-state index is 12.3. The lowest BCUT2D eigenvalue weighted by Crippen LogP contribution is -2.58. The van der Waals surface area contributed by atoms with Crippen molar-refractivity contribution in [2.24, 2.45) is 11.0 Å². The Bertz CT molecular complexity index is 876. The number of carbonyl (C=O) groups excluding carboxylic acids is 2. The second kappa shape index (κ2) is 6.93. The Hall–Kier alpha value is -2.77. The summed E-state index contributed by atoms with van der Waals surface area (Å²) in [7, 11) is 0. The quantitative estimate of drug-likeness (QED) is 0.825. The van der Waals surface area contributed by atoms with E-state index in [1.165, 1.54) is 0 Å². The number of fused-ring (bicyclic) bond motifs is 3. The van der Waals surface area contributed by atoms with Crippen LogP contribution in [0.25, 0.3) is 0 Å². The number of hydrogen-bond acceptors (Lipinski definition) is 6. The van der Waals surface area contributed by atoms with Crippen molar-refractivity contribution >= 4 is 23.5 Å². The van der Waals surface area contributed by atoms with Crippen molar-refractivity contribution in [3.63, 3.8) is 0 Å². The lowest BCUT2D eigenvalue weighted by atomic mass is 9.84. The second-order valence-corrected chi connectivity index (χ2v) is 8.98. The Morgan fingerprint density at radius 3 is 2.79 bits per heavy atom. The summed E-state index contributed by atoms with van der Waals surface area (Å²) in [6.07, 6.45) is 0.586. The third-order valence-corrected chi connectivity index (χ3v) is 5.71. The van der Waals surface area contributed by atoms with Gasteiger partial charge in [0.2, 0.25) is 0 Å². The summed E-state index contributed by atoms with van der Waals surface area (Å²) in [6, 6.07) is 5.86. The first kappa shape index (κ1) is 19.5. The normalized spacial score (nSPS) is 25.8. The van der Waals surface area contributed by atoms with Crippen LogP contribution in [-0.4, -0.2) is 53.6 Å². The summed E-state index contributed by atoms with van der Waals surface area (Å²) >= 11 is 0. The summed E-state index contributed by atoms with van der Waals surface area (Å²) in [5.41, 5.74) is 4.07. The molecular formula is C21H28N4O4. The lowest BCUT2D eigenvalue weighted by Gasteiger charge is -2.46. The molecule has 3 unspecified atom stereocenters.